The van der Waals surface area contributed by atoms with Crippen LogP contribution in [0.2, 0.25) is 0 Å². The van der Waals surface area contributed by atoms with Crippen LogP contribution in [0.1, 0.15) is 48.3 Å². The minimum atomic E-state index is -0.460. The summed E-state index contributed by atoms with van der Waals surface area (Å²) in [6.45, 7) is 2.15. The summed E-state index contributed by atoms with van der Waals surface area (Å²) in [5.41, 5.74) is 10.2. The molecule has 2 heterocycles. The molecule has 6 heteroatoms. The zero-order valence-corrected chi connectivity index (χ0v) is 17.9. The molecule has 1 unspecified atom stereocenters. The minimum absolute atomic E-state index is 0.0523. The van der Waals surface area contributed by atoms with Gasteiger partial charge in [0.05, 0.1) is 11.2 Å². The number of nitrogens with two attached hydrogens (primary N) is 1. The number of nitrogens with one attached hydrogen (secondary N) is 1. The van der Waals surface area contributed by atoms with Gasteiger partial charge in [0.25, 0.3) is 5.91 Å². The zero-order chi connectivity index (χ0) is 22.5. The summed E-state index contributed by atoms with van der Waals surface area (Å²) in [4.78, 5) is 21.4. The molecule has 32 heavy (non-hydrogen) atoms. The van der Waals surface area contributed by atoms with E-state index in [9.17, 15) is 9.18 Å². The largest absolute Gasteiger partial charge is 0.323 e. The van der Waals surface area contributed by atoms with E-state index in [-0.39, 0.29) is 11.6 Å². The average molecular weight is 429 g/mol. The highest BCUT2D eigenvalue weighted by molar-refractivity contribution is 6.04. The predicted octanol–water partition coefficient (Wildman–Crippen LogP) is 5.88. The fourth-order valence-electron chi connectivity index (χ4n) is 3.60. The predicted molar refractivity (Wildman–Crippen MR) is 126 cm³/mol. The van der Waals surface area contributed by atoms with Gasteiger partial charge in [-0.25, -0.2) is 9.37 Å². The number of rotatable bonds is 7. The Morgan fingerprint density at radius 1 is 1.06 bits per heavy atom. The average Bonchev–Trinajstić information content (AvgIpc) is 2.82. The summed E-state index contributed by atoms with van der Waals surface area (Å²) in [5.74, 6) is -0.477. The van der Waals surface area contributed by atoms with Crippen molar-refractivity contribution in [3.8, 4) is 11.1 Å². The lowest BCUT2D eigenvalue weighted by Gasteiger charge is -2.12. The third-order valence-corrected chi connectivity index (χ3v) is 5.38. The van der Waals surface area contributed by atoms with E-state index in [1.807, 2.05) is 30.3 Å². The highest BCUT2D eigenvalue weighted by atomic mass is 19.1. The van der Waals surface area contributed by atoms with Crippen molar-refractivity contribution in [1.29, 1.82) is 0 Å². The normalized spacial score (nSPS) is 12.0. The topological polar surface area (TPSA) is 80.9 Å². The smallest absolute Gasteiger partial charge is 0.256 e. The molecule has 162 valence electrons. The molecule has 1 amide bonds. The first-order valence-electron chi connectivity index (χ1n) is 10.7. The molecule has 0 radical (unpaired) electrons. The number of unbranched alkanes of at least 4 members (excludes halogenated alkanes) is 1. The number of anilines is 1. The van der Waals surface area contributed by atoms with Crippen molar-refractivity contribution in [2.24, 2.45) is 5.73 Å². The SMILES string of the molecule is CCCCC(N)c1ccc2cc(-c3ccnc(NC(=O)c4cccc(F)c4)c3)ccc2n1. The second-order valence-electron chi connectivity index (χ2n) is 7.79. The van der Waals surface area contributed by atoms with E-state index in [0.29, 0.717) is 5.82 Å². The molecule has 4 rings (SSSR count). The van der Waals surface area contributed by atoms with Crippen LogP contribution in [-0.2, 0) is 0 Å². The van der Waals surface area contributed by atoms with Crippen molar-refractivity contribution in [1.82, 2.24) is 9.97 Å². The molecule has 0 aliphatic rings. The van der Waals surface area contributed by atoms with E-state index >= 15 is 0 Å². The molecule has 4 aromatic rings. The number of pyridine rings is 2. The highest BCUT2D eigenvalue weighted by Gasteiger charge is 2.11. The molecule has 5 nitrogen and oxygen atoms in total. The number of amides is 1. The van der Waals surface area contributed by atoms with E-state index in [4.69, 9.17) is 10.7 Å². The molecule has 0 aliphatic heterocycles. The van der Waals surface area contributed by atoms with Crippen molar-refractivity contribution < 1.29 is 9.18 Å². The Labute approximate surface area is 186 Å². The monoisotopic (exact) mass is 428 g/mol. The molecule has 2 aromatic heterocycles. The van der Waals surface area contributed by atoms with Crippen LogP contribution < -0.4 is 11.1 Å². The standard InChI is InChI=1S/C26H25FN4O/c1-2-3-7-22(28)24-11-9-19-14-17(8-10-23(19)30-24)18-12-13-29-25(16-18)31-26(32)20-5-4-6-21(27)15-20/h4-6,8-16,22H,2-3,7,28H2,1H3,(H,29,31,32). The number of hydrogen-bond donors (Lipinski definition) is 2. The van der Waals surface area contributed by atoms with Crippen LogP contribution in [0.4, 0.5) is 10.2 Å². The Morgan fingerprint density at radius 3 is 2.72 bits per heavy atom. The number of fused-ring (bicyclic) bond motifs is 1. The van der Waals surface area contributed by atoms with Gasteiger partial charge in [-0.3, -0.25) is 9.78 Å². The lowest BCUT2D eigenvalue weighted by atomic mass is 10.0. The second kappa shape index (κ2) is 9.66. The van der Waals surface area contributed by atoms with Crippen molar-refractivity contribution in [3.63, 3.8) is 0 Å². The Balaban J connectivity index is 1.55. The fourth-order valence-corrected chi connectivity index (χ4v) is 3.60. The molecule has 0 aliphatic carbocycles. The van der Waals surface area contributed by atoms with Crippen LogP contribution >= 0.6 is 0 Å². The fraction of sp³-hybridized carbons (Fsp3) is 0.192. The first kappa shape index (κ1) is 21.6. The number of benzene rings is 2. The van der Waals surface area contributed by atoms with E-state index in [1.54, 1.807) is 18.3 Å². The van der Waals surface area contributed by atoms with Gasteiger partial charge in [0.15, 0.2) is 0 Å². The van der Waals surface area contributed by atoms with Gasteiger partial charge in [0, 0.05) is 23.2 Å². The van der Waals surface area contributed by atoms with Crippen LogP contribution in [0.25, 0.3) is 22.0 Å². The third kappa shape index (κ3) is 4.98. The number of halogens is 1. The van der Waals surface area contributed by atoms with E-state index in [0.717, 1.165) is 47.0 Å². The quantitative estimate of drug-likeness (QED) is 0.385. The first-order chi connectivity index (χ1) is 15.5. The summed E-state index contributed by atoms with van der Waals surface area (Å²) in [6, 6.07) is 19.2. The Morgan fingerprint density at radius 2 is 1.91 bits per heavy atom. The number of carbonyl (C=O) groups excluding carboxylic acids is 1. The van der Waals surface area contributed by atoms with Crippen molar-refractivity contribution in [2.45, 2.75) is 32.2 Å². The molecule has 3 N–H and O–H groups in total. The Kier molecular flexibility index (Phi) is 6.52. The summed E-state index contributed by atoms with van der Waals surface area (Å²) < 4.78 is 13.4. The van der Waals surface area contributed by atoms with Gasteiger partial charge in [-0.2, -0.15) is 0 Å². The molecular weight excluding hydrogens is 403 g/mol. The van der Waals surface area contributed by atoms with Crippen molar-refractivity contribution in [3.05, 3.63) is 90.0 Å². The molecule has 0 spiro atoms. The molecule has 0 fully saturated rings. The van der Waals surface area contributed by atoms with E-state index < -0.39 is 11.7 Å². The first-order valence-corrected chi connectivity index (χ1v) is 10.7. The van der Waals surface area contributed by atoms with Gasteiger partial charge >= 0.3 is 0 Å². The molecule has 0 saturated heterocycles. The van der Waals surface area contributed by atoms with Crippen LogP contribution in [0, 0.1) is 5.82 Å². The minimum Gasteiger partial charge on any atom is -0.323 e. The Bertz CT molecular complexity index is 1260. The summed E-state index contributed by atoms with van der Waals surface area (Å²) in [5, 5.41) is 3.74. The van der Waals surface area contributed by atoms with Gasteiger partial charge in [0.2, 0.25) is 0 Å². The van der Waals surface area contributed by atoms with Crippen molar-refractivity contribution >= 4 is 22.6 Å². The summed E-state index contributed by atoms with van der Waals surface area (Å²) in [7, 11) is 0. The second-order valence-corrected chi connectivity index (χ2v) is 7.79. The van der Waals surface area contributed by atoms with Crippen LogP contribution in [0.15, 0.2) is 72.9 Å². The van der Waals surface area contributed by atoms with E-state index in [1.165, 1.54) is 18.2 Å². The summed E-state index contributed by atoms with van der Waals surface area (Å²) in [6.07, 6.45) is 4.75. The molecular formula is C26H25FN4O. The number of carbonyl (C=O) groups is 1. The van der Waals surface area contributed by atoms with Crippen molar-refractivity contribution in [2.75, 3.05) is 5.32 Å². The Hall–Kier alpha value is -3.64. The van der Waals surface area contributed by atoms with Gasteiger partial charge in [-0.05, 0) is 66.1 Å². The maximum Gasteiger partial charge on any atom is 0.256 e. The lowest BCUT2D eigenvalue weighted by molar-refractivity contribution is 0.102. The van der Waals surface area contributed by atoms with Gasteiger partial charge in [-0.15, -0.1) is 0 Å². The molecule has 1 atom stereocenters. The lowest BCUT2D eigenvalue weighted by Crippen LogP contribution is -2.13. The number of aromatic nitrogens is 2. The maximum atomic E-state index is 13.4. The van der Waals surface area contributed by atoms with E-state index in [2.05, 4.69) is 23.3 Å². The summed E-state index contributed by atoms with van der Waals surface area (Å²) >= 11 is 0. The van der Waals surface area contributed by atoms with Crippen LogP contribution in [0.3, 0.4) is 0 Å². The number of hydrogen-bond acceptors (Lipinski definition) is 4. The van der Waals surface area contributed by atoms with Gasteiger partial charge in [-0.1, -0.05) is 38.0 Å². The zero-order valence-electron chi connectivity index (χ0n) is 17.9. The van der Waals surface area contributed by atoms with Crippen LogP contribution in [-0.4, -0.2) is 15.9 Å². The highest BCUT2D eigenvalue weighted by Crippen LogP contribution is 2.26. The van der Waals surface area contributed by atoms with Gasteiger partial charge < -0.3 is 11.1 Å². The number of nitrogens with zero attached hydrogens (tertiary/aromatic N) is 2. The maximum absolute atomic E-state index is 13.4. The molecule has 0 bridgehead atoms. The molecule has 0 saturated carbocycles. The van der Waals surface area contributed by atoms with Gasteiger partial charge in [0.1, 0.15) is 11.6 Å². The third-order valence-electron chi connectivity index (χ3n) is 5.38. The molecule has 2 aromatic carbocycles. The van der Waals surface area contributed by atoms with Crippen LogP contribution in [0.5, 0.6) is 0 Å².